The van der Waals surface area contributed by atoms with Crippen LogP contribution < -0.4 is 0 Å². The summed E-state index contributed by atoms with van der Waals surface area (Å²) in [4.78, 5) is 32.8. The molecule has 0 aromatic heterocycles. The number of rotatable bonds is 3. The van der Waals surface area contributed by atoms with E-state index in [1.807, 2.05) is 0 Å². The first-order valence-corrected chi connectivity index (χ1v) is 4.62. The van der Waals surface area contributed by atoms with Gasteiger partial charge < -0.3 is 15.3 Å². The normalized spacial score (nSPS) is 22.9. The van der Waals surface area contributed by atoms with Crippen LogP contribution in [0, 0.1) is 11.3 Å². The number of hydrogen-bond acceptors (Lipinski definition) is 3. The Morgan fingerprint density at radius 2 is 1.50 bits per heavy atom. The largest absolute Gasteiger partial charge is 0.481 e. The van der Waals surface area contributed by atoms with Crippen molar-refractivity contribution in [3.8, 4) is 0 Å². The van der Waals surface area contributed by atoms with Gasteiger partial charge in [0.15, 0.2) is 5.41 Å². The van der Waals surface area contributed by atoms with Gasteiger partial charge in [-0.3, -0.25) is 14.4 Å². The van der Waals surface area contributed by atoms with E-state index in [4.69, 9.17) is 15.3 Å². The van der Waals surface area contributed by atoms with Crippen molar-refractivity contribution >= 4 is 17.9 Å². The maximum Gasteiger partial charge on any atom is 0.321 e. The molecule has 1 aliphatic carbocycles. The summed E-state index contributed by atoms with van der Waals surface area (Å²) in [6.45, 7) is 0. The molecule has 92 valence electrons. The molecule has 1 atom stereocenters. The molecule has 0 aromatic carbocycles. The van der Waals surface area contributed by atoms with Crippen LogP contribution in [0.4, 0.5) is 0 Å². The molecule has 16 heavy (non-hydrogen) atoms. The Bertz CT molecular complexity index is 299. The van der Waals surface area contributed by atoms with Crippen LogP contribution in [0.2, 0.25) is 0 Å². The van der Waals surface area contributed by atoms with Gasteiger partial charge >= 0.3 is 17.9 Å². The van der Waals surface area contributed by atoms with Gasteiger partial charge in [0.05, 0.1) is 5.92 Å². The Labute approximate surface area is 102 Å². The number of carboxylic acids is 3. The van der Waals surface area contributed by atoms with E-state index in [1.165, 1.54) is 0 Å². The van der Waals surface area contributed by atoms with Crippen molar-refractivity contribution in [2.24, 2.45) is 11.3 Å². The van der Waals surface area contributed by atoms with Crippen LogP contribution in [0.3, 0.4) is 0 Å². The van der Waals surface area contributed by atoms with Gasteiger partial charge in [-0.2, -0.15) is 0 Å². The molecule has 1 rings (SSSR count). The summed E-state index contributed by atoms with van der Waals surface area (Å²) < 4.78 is 0. The van der Waals surface area contributed by atoms with Gasteiger partial charge in [-0.1, -0.05) is 12.8 Å². The Balaban J connectivity index is 0.00000225. The second-order valence-electron chi connectivity index (χ2n) is 3.72. The first-order valence-electron chi connectivity index (χ1n) is 4.62. The van der Waals surface area contributed by atoms with Crippen molar-refractivity contribution in [2.45, 2.75) is 25.7 Å². The maximum atomic E-state index is 11.0. The minimum absolute atomic E-state index is 0. The van der Waals surface area contributed by atoms with Crippen LogP contribution in [-0.2, 0) is 31.5 Å². The number of aliphatic carboxylic acids is 3. The minimum atomic E-state index is -2.15. The van der Waals surface area contributed by atoms with E-state index in [1.54, 1.807) is 0 Å². The molecule has 0 aromatic rings. The third-order valence-electron chi connectivity index (χ3n) is 2.97. The van der Waals surface area contributed by atoms with Crippen molar-refractivity contribution in [1.29, 1.82) is 0 Å². The van der Waals surface area contributed by atoms with Gasteiger partial charge in [-0.25, -0.2) is 0 Å². The number of carbonyl (C=O) groups is 3. The Hall–Kier alpha value is -1.07. The fraction of sp³-hybridized carbons (Fsp3) is 0.667. The maximum absolute atomic E-state index is 11.0. The zero-order valence-electron chi connectivity index (χ0n) is 8.33. The van der Waals surface area contributed by atoms with Crippen molar-refractivity contribution < 1.29 is 46.8 Å². The molecule has 7 heteroatoms. The van der Waals surface area contributed by atoms with E-state index < -0.39 is 29.2 Å². The zero-order chi connectivity index (χ0) is 11.6. The molecular formula is C9H12FeO6. The predicted octanol–water partition coefficient (Wildman–Crippen LogP) is 0.414. The Morgan fingerprint density at radius 3 is 1.81 bits per heavy atom. The summed E-state index contributed by atoms with van der Waals surface area (Å²) in [6, 6.07) is 0. The van der Waals surface area contributed by atoms with Crippen LogP contribution in [0.5, 0.6) is 0 Å². The SMILES string of the molecule is O=C(O)C1CCCCC1(C(=O)O)C(=O)O.[Fe]. The van der Waals surface area contributed by atoms with Gasteiger partial charge in [-0.05, 0) is 12.8 Å². The zero-order valence-corrected chi connectivity index (χ0v) is 9.43. The predicted molar refractivity (Wildman–Crippen MR) is 47.3 cm³/mol. The molecule has 1 unspecified atom stereocenters. The van der Waals surface area contributed by atoms with Crippen molar-refractivity contribution in [1.82, 2.24) is 0 Å². The van der Waals surface area contributed by atoms with E-state index in [0.29, 0.717) is 12.8 Å². The van der Waals surface area contributed by atoms with Crippen LogP contribution in [0.15, 0.2) is 0 Å². The first kappa shape index (κ1) is 14.9. The van der Waals surface area contributed by atoms with Crippen molar-refractivity contribution in [2.75, 3.05) is 0 Å². The van der Waals surface area contributed by atoms with Crippen LogP contribution >= 0.6 is 0 Å². The molecule has 0 radical (unpaired) electrons. The van der Waals surface area contributed by atoms with Gasteiger partial charge in [0.1, 0.15) is 0 Å². The minimum Gasteiger partial charge on any atom is -0.481 e. The van der Waals surface area contributed by atoms with Crippen molar-refractivity contribution in [3.63, 3.8) is 0 Å². The Morgan fingerprint density at radius 1 is 1.00 bits per heavy atom. The molecule has 0 heterocycles. The van der Waals surface area contributed by atoms with Crippen LogP contribution in [0.25, 0.3) is 0 Å². The third kappa shape index (κ3) is 2.20. The van der Waals surface area contributed by atoms with E-state index in [0.717, 1.165) is 0 Å². The van der Waals surface area contributed by atoms with E-state index >= 15 is 0 Å². The summed E-state index contributed by atoms with van der Waals surface area (Å²) in [5.74, 6) is -5.79. The topological polar surface area (TPSA) is 112 Å². The smallest absolute Gasteiger partial charge is 0.321 e. The molecule has 6 nitrogen and oxygen atoms in total. The Kier molecular flexibility index (Phi) is 4.96. The standard InChI is InChI=1S/C9H12O6.Fe/c10-6(11)5-3-1-2-4-9(5,7(12)13)8(14)15;/h5H,1-4H2,(H,10,11)(H,12,13)(H,14,15);. The second-order valence-corrected chi connectivity index (χ2v) is 3.72. The summed E-state index contributed by atoms with van der Waals surface area (Å²) >= 11 is 0. The average molecular weight is 272 g/mol. The molecule has 3 N–H and O–H groups in total. The molecule has 1 fully saturated rings. The number of hydrogen-bond donors (Lipinski definition) is 3. The van der Waals surface area contributed by atoms with Crippen LogP contribution in [0.1, 0.15) is 25.7 Å². The molecule has 0 spiro atoms. The van der Waals surface area contributed by atoms with Gasteiger partial charge in [0.2, 0.25) is 0 Å². The first-order chi connectivity index (χ1) is 6.93. The fourth-order valence-corrected chi connectivity index (χ4v) is 2.11. The quantitative estimate of drug-likeness (QED) is 0.507. The summed E-state index contributed by atoms with van der Waals surface area (Å²) in [5, 5.41) is 26.7. The van der Waals surface area contributed by atoms with Gasteiger partial charge in [0.25, 0.3) is 0 Å². The van der Waals surface area contributed by atoms with Gasteiger partial charge in [-0.15, -0.1) is 0 Å². The van der Waals surface area contributed by atoms with Crippen LogP contribution in [-0.4, -0.2) is 33.2 Å². The van der Waals surface area contributed by atoms with Gasteiger partial charge in [0, 0.05) is 17.1 Å². The van der Waals surface area contributed by atoms with E-state index in [9.17, 15) is 14.4 Å². The molecule has 1 aliphatic rings. The molecule has 0 bridgehead atoms. The molecule has 0 aliphatic heterocycles. The van der Waals surface area contributed by atoms with E-state index in [2.05, 4.69) is 0 Å². The fourth-order valence-electron chi connectivity index (χ4n) is 2.11. The third-order valence-corrected chi connectivity index (χ3v) is 2.97. The molecule has 0 amide bonds. The molecule has 1 saturated carbocycles. The number of carboxylic acid groups (broad SMARTS) is 3. The second kappa shape index (κ2) is 5.32. The summed E-state index contributed by atoms with van der Waals surface area (Å²) in [7, 11) is 0. The summed E-state index contributed by atoms with van der Waals surface area (Å²) in [6.07, 6.45) is 0.976. The molecular weight excluding hydrogens is 260 g/mol. The monoisotopic (exact) mass is 272 g/mol. The van der Waals surface area contributed by atoms with Crippen molar-refractivity contribution in [3.05, 3.63) is 0 Å². The summed E-state index contributed by atoms with van der Waals surface area (Å²) in [5.41, 5.74) is -2.15. The molecule has 0 saturated heterocycles. The average Bonchev–Trinajstić information content (AvgIpc) is 2.16. The van der Waals surface area contributed by atoms with E-state index in [-0.39, 0.29) is 29.9 Å².